The standard InChI is InChI=1S/C14H23NO/c1-3-13-7-8-14(16-13)10-15-12-6-4-5-11(2)9-12/h7-8,11-12,15H,3-6,9-10H2,1-2H3. The molecule has 90 valence electrons. The lowest BCUT2D eigenvalue weighted by atomic mass is 9.87. The van der Waals surface area contributed by atoms with Gasteiger partial charge in [0.05, 0.1) is 6.54 Å². The van der Waals surface area contributed by atoms with Crippen molar-refractivity contribution in [1.29, 1.82) is 0 Å². The van der Waals surface area contributed by atoms with Crippen molar-refractivity contribution in [2.75, 3.05) is 0 Å². The Morgan fingerprint density at radius 1 is 1.31 bits per heavy atom. The second-order valence-electron chi connectivity index (χ2n) is 5.07. The van der Waals surface area contributed by atoms with E-state index in [1.165, 1.54) is 25.7 Å². The van der Waals surface area contributed by atoms with E-state index in [9.17, 15) is 0 Å². The van der Waals surface area contributed by atoms with E-state index >= 15 is 0 Å². The molecule has 1 aliphatic carbocycles. The first-order valence-corrected chi connectivity index (χ1v) is 6.59. The van der Waals surface area contributed by atoms with Crippen molar-refractivity contribution in [1.82, 2.24) is 5.32 Å². The Balaban J connectivity index is 1.78. The average Bonchev–Trinajstić information content (AvgIpc) is 2.74. The van der Waals surface area contributed by atoms with Gasteiger partial charge in [0.15, 0.2) is 0 Å². The van der Waals surface area contributed by atoms with Crippen molar-refractivity contribution in [2.45, 2.75) is 58.5 Å². The van der Waals surface area contributed by atoms with Gasteiger partial charge in [0, 0.05) is 12.5 Å². The largest absolute Gasteiger partial charge is 0.465 e. The van der Waals surface area contributed by atoms with Crippen LogP contribution in [0.5, 0.6) is 0 Å². The maximum atomic E-state index is 5.69. The molecule has 0 bridgehead atoms. The fourth-order valence-corrected chi connectivity index (χ4v) is 2.57. The monoisotopic (exact) mass is 221 g/mol. The summed E-state index contributed by atoms with van der Waals surface area (Å²) in [5, 5.41) is 3.61. The highest BCUT2D eigenvalue weighted by atomic mass is 16.3. The minimum Gasteiger partial charge on any atom is -0.465 e. The predicted octanol–water partition coefficient (Wildman–Crippen LogP) is 3.51. The first-order valence-electron chi connectivity index (χ1n) is 6.59. The van der Waals surface area contributed by atoms with Gasteiger partial charge in [-0.2, -0.15) is 0 Å². The number of nitrogens with one attached hydrogen (secondary N) is 1. The van der Waals surface area contributed by atoms with Gasteiger partial charge in [-0.25, -0.2) is 0 Å². The Labute approximate surface area is 98.4 Å². The molecule has 0 amide bonds. The average molecular weight is 221 g/mol. The zero-order valence-corrected chi connectivity index (χ0v) is 10.5. The molecular weight excluding hydrogens is 198 g/mol. The van der Waals surface area contributed by atoms with E-state index in [0.717, 1.165) is 30.4 Å². The minimum absolute atomic E-state index is 0.693. The second kappa shape index (κ2) is 5.53. The zero-order valence-electron chi connectivity index (χ0n) is 10.5. The third-order valence-electron chi connectivity index (χ3n) is 3.57. The minimum atomic E-state index is 0.693. The molecule has 0 spiro atoms. The second-order valence-corrected chi connectivity index (χ2v) is 5.07. The van der Waals surface area contributed by atoms with Crippen LogP contribution in [0.25, 0.3) is 0 Å². The van der Waals surface area contributed by atoms with Gasteiger partial charge in [0.1, 0.15) is 11.5 Å². The Morgan fingerprint density at radius 2 is 2.12 bits per heavy atom. The van der Waals surface area contributed by atoms with E-state index < -0.39 is 0 Å². The highest BCUT2D eigenvalue weighted by Crippen LogP contribution is 2.23. The van der Waals surface area contributed by atoms with Crippen LogP contribution in [0.1, 0.15) is 51.1 Å². The molecule has 0 saturated heterocycles. The molecule has 2 unspecified atom stereocenters. The molecule has 1 heterocycles. The normalized spacial score (nSPS) is 25.9. The van der Waals surface area contributed by atoms with Crippen LogP contribution in [0.3, 0.4) is 0 Å². The molecule has 1 aliphatic rings. The summed E-state index contributed by atoms with van der Waals surface area (Å²) in [5.74, 6) is 3.05. The van der Waals surface area contributed by atoms with Gasteiger partial charge in [-0.1, -0.05) is 26.7 Å². The topological polar surface area (TPSA) is 25.2 Å². The fourth-order valence-electron chi connectivity index (χ4n) is 2.57. The molecule has 1 aromatic rings. The molecule has 2 nitrogen and oxygen atoms in total. The van der Waals surface area contributed by atoms with Crippen molar-refractivity contribution in [3.05, 3.63) is 23.7 Å². The van der Waals surface area contributed by atoms with Crippen molar-refractivity contribution >= 4 is 0 Å². The molecule has 16 heavy (non-hydrogen) atoms. The third-order valence-corrected chi connectivity index (χ3v) is 3.57. The molecule has 0 aliphatic heterocycles. The number of hydrogen-bond donors (Lipinski definition) is 1. The summed E-state index contributed by atoms with van der Waals surface area (Å²) in [7, 11) is 0. The van der Waals surface area contributed by atoms with Crippen LogP contribution in [0, 0.1) is 5.92 Å². The smallest absolute Gasteiger partial charge is 0.117 e. The molecule has 0 aromatic carbocycles. The molecule has 1 saturated carbocycles. The molecule has 1 aromatic heterocycles. The molecule has 2 heteroatoms. The van der Waals surface area contributed by atoms with E-state index in [1.54, 1.807) is 0 Å². The quantitative estimate of drug-likeness (QED) is 0.841. The summed E-state index contributed by atoms with van der Waals surface area (Å²) >= 11 is 0. The van der Waals surface area contributed by atoms with Crippen LogP contribution < -0.4 is 5.32 Å². The van der Waals surface area contributed by atoms with Crippen molar-refractivity contribution in [3.8, 4) is 0 Å². The highest BCUT2D eigenvalue weighted by molar-refractivity contribution is 5.06. The van der Waals surface area contributed by atoms with Crippen LogP contribution in [0.2, 0.25) is 0 Å². The van der Waals surface area contributed by atoms with E-state index in [2.05, 4.69) is 31.3 Å². The van der Waals surface area contributed by atoms with E-state index in [0.29, 0.717) is 6.04 Å². The molecule has 1 N–H and O–H groups in total. The fraction of sp³-hybridized carbons (Fsp3) is 0.714. The van der Waals surface area contributed by atoms with E-state index in [-0.39, 0.29) is 0 Å². The van der Waals surface area contributed by atoms with Crippen LogP contribution in [-0.4, -0.2) is 6.04 Å². The Morgan fingerprint density at radius 3 is 2.81 bits per heavy atom. The molecule has 2 atom stereocenters. The Bertz CT molecular complexity index is 318. The summed E-state index contributed by atoms with van der Waals surface area (Å²) < 4.78 is 5.69. The van der Waals surface area contributed by atoms with Gasteiger partial charge in [-0.3, -0.25) is 0 Å². The van der Waals surface area contributed by atoms with Crippen molar-refractivity contribution in [3.63, 3.8) is 0 Å². The summed E-state index contributed by atoms with van der Waals surface area (Å²) in [6, 6.07) is 4.87. The summed E-state index contributed by atoms with van der Waals surface area (Å²) in [6.45, 7) is 5.37. The highest BCUT2D eigenvalue weighted by Gasteiger charge is 2.18. The van der Waals surface area contributed by atoms with Crippen molar-refractivity contribution < 1.29 is 4.42 Å². The van der Waals surface area contributed by atoms with Crippen LogP contribution in [-0.2, 0) is 13.0 Å². The van der Waals surface area contributed by atoms with Crippen LogP contribution in [0.15, 0.2) is 16.5 Å². The lowest BCUT2D eigenvalue weighted by Crippen LogP contribution is -2.32. The number of rotatable bonds is 4. The van der Waals surface area contributed by atoms with Crippen molar-refractivity contribution in [2.24, 2.45) is 5.92 Å². The maximum Gasteiger partial charge on any atom is 0.117 e. The number of aryl methyl sites for hydroxylation is 1. The SMILES string of the molecule is CCc1ccc(CNC2CCCC(C)C2)o1. The summed E-state index contributed by atoms with van der Waals surface area (Å²) in [4.78, 5) is 0. The van der Waals surface area contributed by atoms with Gasteiger partial charge in [0.2, 0.25) is 0 Å². The molecule has 0 radical (unpaired) electrons. The van der Waals surface area contributed by atoms with E-state index in [1.807, 2.05) is 0 Å². The molecule has 1 fully saturated rings. The first kappa shape index (κ1) is 11.7. The van der Waals surface area contributed by atoms with Gasteiger partial charge in [-0.05, 0) is 30.9 Å². The predicted molar refractivity (Wildman–Crippen MR) is 66.3 cm³/mol. The Kier molecular flexibility index (Phi) is 4.05. The summed E-state index contributed by atoms with van der Waals surface area (Å²) in [5.41, 5.74) is 0. The van der Waals surface area contributed by atoms with Gasteiger partial charge >= 0.3 is 0 Å². The maximum absolute atomic E-state index is 5.69. The lowest BCUT2D eigenvalue weighted by molar-refractivity contribution is 0.293. The Hall–Kier alpha value is -0.760. The number of furan rings is 1. The zero-order chi connectivity index (χ0) is 11.4. The number of hydrogen-bond acceptors (Lipinski definition) is 2. The van der Waals surface area contributed by atoms with Crippen LogP contribution >= 0.6 is 0 Å². The third kappa shape index (κ3) is 3.11. The molecular formula is C14H23NO. The van der Waals surface area contributed by atoms with Gasteiger partial charge in [-0.15, -0.1) is 0 Å². The lowest BCUT2D eigenvalue weighted by Gasteiger charge is -2.27. The van der Waals surface area contributed by atoms with Gasteiger partial charge < -0.3 is 9.73 Å². The van der Waals surface area contributed by atoms with Crippen LogP contribution in [0.4, 0.5) is 0 Å². The molecule has 2 rings (SSSR count). The van der Waals surface area contributed by atoms with E-state index in [4.69, 9.17) is 4.42 Å². The first-order chi connectivity index (χ1) is 7.78. The van der Waals surface area contributed by atoms with Gasteiger partial charge in [0.25, 0.3) is 0 Å². The summed E-state index contributed by atoms with van der Waals surface area (Å²) in [6.07, 6.45) is 6.41.